The number of aliphatic imine (C=N–C) groups is 1. The van der Waals surface area contributed by atoms with Crippen LogP contribution in [0, 0.1) is 5.82 Å². The van der Waals surface area contributed by atoms with Gasteiger partial charge in [0.25, 0.3) is 5.91 Å². The molecule has 9 heteroatoms. The summed E-state index contributed by atoms with van der Waals surface area (Å²) in [6, 6.07) is 17.8. The van der Waals surface area contributed by atoms with Crippen LogP contribution in [0.5, 0.6) is 0 Å². The first-order valence-electron chi connectivity index (χ1n) is 10.5. The fourth-order valence-electron chi connectivity index (χ4n) is 3.74. The van der Waals surface area contributed by atoms with Gasteiger partial charge in [-0.2, -0.15) is 0 Å². The highest BCUT2D eigenvalue weighted by Gasteiger charge is 2.21. The van der Waals surface area contributed by atoms with E-state index in [2.05, 4.69) is 25.4 Å². The molecule has 33 heavy (non-hydrogen) atoms. The molecule has 0 aliphatic carbocycles. The quantitative estimate of drug-likeness (QED) is 0.277. The summed E-state index contributed by atoms with van der Waals surface area (Å²) in [4.78, 5) is 20.8. The second-order valence-corrected chi connectivity index (χ2v) is 7.46. The second-order valence-electron chi connectivity index (χ2n) is 7.46. The number of nitrogens with zero attached hydrogens (tertiary/aromatic N) is 3. The van der Waals surface area contributed by atoms with Gasteiger partial charge in [0.2, 0.25) is 0 Å². The van der Waals surface area contributed by atoms with Gasteiger partial charge in [0, 0.05) is 45.5 Å². The van der Waals surface area contributed by atoms with E-state index in [4.69, 9.17) is 4.42 Å². The van der Waals surface area contributed by atoms with E-state index in [1.165, 1.54) is 12.3 Å². The van der Waals surface area contributed by atoms with Crippen molar-refractivity contribution in [3.8, 4) is 0 Å². The molecule has 0 atom stereocenters. The van der Waals surface area contributed by atoms with Crippen molar-refractivity contribution in [2.45, 2.75) is 6.54 Å². The summed E-state index contributed by atoms with van der Waals surface area (Å²) >= 11 is 0. The maximum atomic E-state index is 14.1. The van der Waals surface area contributed by atoms with E-state index in [0.717, 1.165) is 37.7 Å². The Morgan fingerprint density at radius 1 is 1.06 bits per heavy atom. The molecule has 174 valence electrons. The van der Waals surface area contributed by atoms with Crippen LogP contribution in [-0.2, 0) is 6.54 Å². The first kappa shape index (κ1) is 24.6. The van der Waals surface area contributed by atoms with E-state index < -0.39 is 0 Å². The van der Waals surface area contributed by atoms with Gasteiger partial charge in [-0.1, -0.05) is 24.3 Å². The molecular formula is C24H27FIN5O2. The van der Waals surface area contributed by atoms with Crippen molar-refractivity contribution in [2.75, 3.05) is 43.4 Å². The van der Waals surface area contributed by atoms with Crippen molar-refractivity contribution in [3.05, 3.63) is 84.1 Å². The van der Waals surface area contributed by atoms with Crippen LogP contribution >= 0.6 is 24.0 Å². The van der Waals surface area contributed by atoms with Crippen LogP contribution in [0.1, 0.15) is 16.1 Å². The van der Waals surface area contributed by atoms with Gasteiger partial charge in [0.05, 0.1) is 12.0 Å². The number of nitrogens with one attached hydrogen (secondary N) is 2. The Morgan fingerprint density at radius 3 is 2.55 bits per heavy atom. The Morgan fingerprint density at radius 2 is 1.85 bits per heavy atom. The van der Waals surface area contributed by atoms with Gasteiger partial charge < -0.3 is 24.9 Å². The smallest absolute Gasteiger partial charge is 0.291 e. The molecule has 0 radical (unpaired) electrons. The summed E-state index contributed by atoms with van der Waals surface area (Å²) in [6.07, 6.45) is 1.47. The molecule has 7 nitrogen and oxygen atoms in total. The first-order valence-corrected chi connectivity index (χ1v) is 10.5. The number of carbonyl (C=O) groups is 1. The maximum absolute atomic E-state index is 14.1. The number of benzene rings is 2. The predicted octanol–water partition coefficient (Wildman–Crippen LogP) is 4.19. The number of rotatable bonds is 5. The molecule has 4 rings (SSSR count). The number of guanidine groups is 1. The van der Waals surface area contributed by atoms with Crippen molar-refractivity contribution in [2.24, 2.45) is 4.99 Å². The van der Waals surface area contributed by atoms with Crippen LogP contribution in [-0.4, -0.2) is 50.0 Å². The van der Waals surface area contributed by atoms with Gasteiger partial charge in [0.15, 0.2) is 11.7 Å². The van der Waals surface area contributed by atoms with Gasteiger partial charge in [-0.25, -0.2) is 4.39 Å². The molecule has 1 aromatic heterocycles. The molecular weight excluding hydrogens is 536 g/mol. The summed E-state index contributed by atoms with van der Waals surface area (Å²) in [6.45, 7) is 3.48. The molecule has 0 spiro atoms. The van der Waals surface area contributed by atoms with E-state index in [9.17, 15) is 9.18 Å². The fraction of sp³-hybridized carbons (Fsp3) is 0.250. The van der Waals surface area contributed by atoms with Crippen molar-refractivity contribution >= 4 is 47.2 Å². The summed E-state index contributed by atoms with van der Waals surface area (Å²) < 4.78 is 19.2. The average Bonchev–Trinajstić information content (AvgIpc) is 3.36. The number of furan rings is 1. The molecule has 3 aromatic rings. The van der Waals surface area contributed by atoms with Gasteiger partial charge in [-0.3, -0.25) is 9.79 Å². The lowest BCUT2D eigenvalue weighted by Crippen LogP contribution is -2.52. The Hall–Kier alpha value is -3.08. The zero-order valence-electron chi connectivity index (χ0n) is 18.3. The van der Waals surface area contributed by atoms with E-state index in [-0.39, 0.29) is 41.5 Å². The number of anilines is 2. The SMILES string of the molecule is CN=C(NCc1cccc(NC(=O)c2ccco2)c1)N1CCN(c2ccccc2F)CC1.I. The van der Waals surface area contributed by atoms with Gasteiger partial charge in [-0.15, -0.1) is 24.0 Å². The third kappa shape index (κ3) is 6.25. The minimum absolute atomic E-state index is 0. The number of halogens is 2. The van der Waals surface area contributed by atoms with Crippen molar-refractivity contribution in [1.29, 1.82) is 0 Å². The minimum Gasteiger partial charge on any atom is -0.459 e. The zero-order chi connectivity index (χ0) is 22.3. The monoisotopic (exact) mass is 563 g/mol. The largest absolute Gasteiger partial charge is 0.459 e. The van der Waals surface area contributed by atoms with E-state index >= 15 is 0 Å². The Kier molecular flexibility index (Phi) is 8.70. The molecule has 1 aliphatic heterocycles. The van der Waals surface area contributed by atoms with Crippen LogP contribution in [0.3, 0.4) is 0 Å². The molecule has 1 fully saturated rings. The predicted molar refractivity (Wildman–Crippen MR) is 139 cm³/mol. The highest BCUT2D eigenvalue weighted by atomic mass is 127. The van der Waals surface area contributed by atoms with Gasteiger partial charge in [-0.05, 0) is 42.0 Å². The van der Waals surface area contributed by atoms with Crippen LogP contribution < -0.4 is 15.5 Å². The molecule has 1 saturated heterocycles. The molecule has 1 aliphatic rings. The number of hydrogen-bond donors (Lipinski definition) is 2. The molecule has 2 heterocycles. The Bertz CT molecular complexity index is 1080. The number of carbonyl (C=O) groups excluding carboxylic acids is 1. The number of amides is 1. The van der Waals surface area contributed by atoms with Crippen LogP contribution in [0.4, 0.5) is 15.8 Å². The maximum Gasteiger partial charge on any atom is 0.291 e. The lowest BCUT2D eigenvalue weighted by atomic mass is 10.2. The minimum atomic E-state index is -0.288. The van der Waals surface area contributed by atoms with Gasteiger partial charge in [0.1, 0.15) is 5.82 Å². The van der Waals surface area contributed by atoms with Gasteiger partial charge >= 0.3 is 0 Å². The summed E-state index contributed by atoms with van der Waals surface area (Å²) in [7, 11) is 1.76. The standard InChI is InChI=1S/C24H26FN5O2.HI/c1-26-24(30-13-11-29(12-14-30)21-9-3-2-8-20(21)25)27-17-18-6-4-7-19(16-18)28-23(31)22-10-5-15-32-22;/h2-10,15-16H,11-14,17H2,1H3,(H,26,27)(H,28,31);1H. The molecule has 0 saturated carbocycles. The van der Waals surface area contributed by atoms with Crippen molar-refractivity contribution < 1.29 is 13.6 Å². The third-order valence-corrected chi connectivity index (χ3v) is 5.36. The van der Waals surface area contributed by atoms with Crippen molar-refractivity contribution in [1.82, 2.24) is 10.2 Å². The summed E-state index contributed by atoms with van der Waals surface area (Å²) in [5, 5.41) is 6.22. The fourth-order valence-corrected chi connectivity index (χ4v) is 3.74. The molecule has 2 aromatic carbocycles. The van der Waals surface area contributed by atoms with Crippen LogP contribution in [0.25, 0.3) is 0 Å². The second kappa shape index (κ2) is 11.7. The number of para-hydroxylation sites is 1. The number of hydrogen-bond acceptors (Lipinski definition) is 4. The Balaban J connectivity index is 0.00000306. The lowest BCUT2D eigenvalue weighted by molar-refractivity contribution is 0.0996. The van der Waals surface area contributed by atoms with E-state index in [1.807, 2.05) is 36.4 Å². The lowest BCUT2D eigenvalue weighted by Gasteiger charge is -2.37. The molecule has 0 bridgehead atoms. The zero-order valence-corrected chi connectivity index (χ0v) is 20.7. The molecule has 0 unspecified atom stereocenters. The van der Waals surface area contributed by atoms with Crippen LogP contribution in [0.15, 0.2) is 76.3 Å². The Labute approximate surface area is 209 Å². The topological polar surface area (TPSA) is 73.1 Å². The highest BCUT2D eigenvalue weighted by Crippen LogP contribution is 2.20. The highest BCUT2D eigenvalue weighted by molar-refractivity contribution is 14.0. The van der Waals surface area contributed by atoms with Crippen LogP contribution in [0.2, 0.25) is 0 Å². The van der Waals surface area contributed by atoms with E-state index in [1.54, 1.807) is 25.2 Å². The van der Waals surface area contributed by atoms with E-state index in [0.29, 0.717) is 17.9 Å². The molecule has 1 amide bonds. The normalized spacial score (nSPS) is 13.9. The molecule has 2 N–H and O–H groups in total. The van der Waals surface area contributed by atoms with Crippen molar-refractivity contribution in [3.63, 3.8) is 0 Å². The number of piperazine rings is 1. The summed E-state index contributed by atoms with van der Waals surface area (Å²) in [5.74, 6) is 0.581. The third-order valence-electron chi connectivity index (χ3n) is 5.36. The average molecular weight is 563 g/mol. The summed E-state index contributed by atoms with van der Waals surface area (Å²) in [5.41, 5.74) is 2.34. The first-order chi connectivity index (χ1) is 15.6.